The molecule has 0 aliphatic heterocycles. The first-order chi connectivity index (χ1) is 12.0. The van der Waals surface area contributed by atoms with E-state index in [1.54, 1.807) is 0 Å². The fourth-order valence-electron chi connectivity index (χ4n) is 2.22. The number of hydrogen-bond acceptors (Lipinski definition) is 4. The summed E-state index contributed by atoms with van der Waals surface area (Å²) in [6.07, 6.45) is 14.6. The summed E-state index contributed by atoms with van der Waals surface area (Å²) in [5, 5.41) is 37.9. The van der Waals surface area contributed by atoms with Crippen molar-refractivity contribution in [1.29, 1.82) is 0 Å². The van der Waals surface area contributed by atoms with Crippen LogP contribution in [0.2, 0.25) is 0 Å². The summed E-state index contributed by atoms with van der Waals surface area (Å²) in [4.78, 5) is 10.3. The topological polar surface area (TPSA) is 98.0 Å². The van der Waals surface area contributed by atoms with Gasteiger partial charge in [-0.2, -0.15) is 0 Å². The molecule has 0 aromatic carbocycles. The van der Waals surface area contributed by atoms with E-state index in [1.807, 2.05) is 24.3 Å². The monoisotopic (exact) mass is 354 g/mol. The summed E-state index contributed by atoms with van der Waals surface area (Å²) in [5.41, 5.74) is 0. The van der Waals surface area contributed by atoms with Crippen molar-refractivity contribution in [3.8, 4) is 0 Å². The first-order valence-corrected chi connectivity index (χ1v) is 9.21. The number of carboxylic acids is 1. The van der Waals surface area contributed by atoms with Crippen LogP contribution in [0.15, 0.2) is 36.5 Å². The van der Waals surface area contributed by atoms with Gasteiger partial charge >= 0.3 is 5.97 Å². The fourth-order valence-corrected chi connectivity index (χ4v) is 2.22. The summed E-state index contributed by atoms with van der Waals surface area (Å²) in [6.45, 7) is 2.09. The number of aliphatic hydroxyl groups excluding tert-OH is 3. The molecule has 3 unspecified atom stereocenters. The van der Waals surface area contributed by atoms with Gasteiger partial charge < -0.3 is 20.4 Å². The average molecular weight is 354 g/mol. The van der Waals surface area contributed by atoms with Crippen molar-refractivity contribution >= 4 is 5.97 Å². The van der Waals surface area contributed by atoms with Crippen LogP contribution in [0.25, 0.3) is 0 Å². The number of hydrogen-bond donors (Lipinski definition) is 4. The Hall–Kier alpha value is -1.43. The van der Waals surface area contributed by atoms with Gasteiger partial charge in [0.15, 0.2) is 0 Å². The maximum Gasteiger partial charge on any atom is 0.303 e. The maximum absolute atomic E-state index is 10.3. The van der Waals surface area contributed by atoms with Gasteiger partial charge in [0, 0.05) is 6.42 Å². The van der Waals surface area contributed by atoms with Crippen molar-refractivity contribution in [1.82, 2.24) is 0 Å². The Bertz CT molecular complexity index is 414. The Morgan fingerprint density at radius 2 is 1.68 bits per heavy atom. The van der Waals surface area contributed by atoms with E-state index in [0.717, 1.165) is 32.1 Å². The molecule has 0 aliphatic carbocycles. The number of aliphatic carboxylic acids is 1. The Kier molecular flexibility index (Phi) is 15.1. The molecule has 0 radical (unpaired) electrons. The quantitative estimate of drug-likeness (QED) is 0.267. The molecule has 0 saturated carbocycles. The molecule has 0 rings (SSSR count). The highest BCUT2D eigenvalue weighted by molar-refractivity contribution is 5.66. The smallest absolute Gasteiger partial charge is 0.303 e. The minimum Gasteiger partial charge on any atom is -0.481 e. The molecule has 0 aromatic rings. The third-order valence-corrected chi connectivity index (χ3v) is 3.77. The first kappa shape index (κ1) is 23.6. The minimum absolute atomic E-state index is 0.192. The van der Waals surface area contributed by atoms with Crippen molar-refractivity contribution in [3.63, 3.8) is 0 Å². The molecule has 0 amide bonds. The normalized spacial score (nSPS) is 16.0. The van der Waals surface area contributed by atoms with Crippen LogP contribution in [0, 0.1) is 0 Å². The van der Waals surface area contributed by atoms with E-state index in [4.69, 9.17) is 5.11 Å². The van der Waals surface area contributed by atoms with Crippen LogP contribution in [-0.2, 0) is 4.79 Å². The number of carboxylic acid groups (broad SMARTS) is 1. The van der Waals surface area contributed by atoms with E-state index in [0.29, 0.717) is 19.3 Å². The summed E-state index contributed by atoms with van der Waals surface area (Å²) in [5.74, 6) is -0.770. The third kappa shape index (κ3) is 15.8. The highest BCUT2D eigenvalue weighted by Gasteiger charge is 2.12. The standard InChI is InChI=1S/C20H34O5/c1-2-3-9-13-18(22)19(23)16-15-17(21)12-10-7-5-4-6-8-11-14-20(24)25/h4,6-7,10,15-19,21-23H,2-3,5,8-9,11-14H2,1H3,(H,24,25)/b6-4-,10-7-,16-15+. The zero-order chi connectivity index (χ0) is 18.9. The lowest BCUT2D eigenvalue weighted by atomic mass is 10.0. The van der Waals surface area contributed by atoms with Crippen molar-refractivity contribution in [2.24, 2.45) is 0 Å². The Balaban J connectivity index is 3.84. The van der Waals surface area contributed by atoms with Gasteiger partial charge in [-0.3, -0.25) is 4.79 Å². The van der Waals surface area contributed by atoms with E-state index in [2.05, 4.69) is 6.92 Å². The molecule has 0 aromatic heterocycles. The fraction of sp³-hybridized carbons (Fsp3) is 0.650. The molecule has 0 saturated heterocycles. The zero-order valence-corrected chi connectivity index (χ0v) is 15.3. The van der Waals surface area contributed by atoms with Crippen molar-refractivity contribution in [3.05, 3.63) is 36.5 Å². The molecule has 5 heteroatoms. The van der Waals surface area contributed by atoms with Gasteiger partial charge in [0.2, 0.25) is 0 Å². The van der Waals surface area contributed by atoms with E-state index < -0.39 is 24.3 Å². The van der Waals surface area contributed by atoms with Crippen LogP contribution in [-0.4, -0.2) is 44.7 Å². The van der Waals surface area contributed by atoms with E-state index in [1.165, 1.54) is 12.2 Å². The van der Waals surface area contributed by atoms with E-state index in [-0.39, 0.29) is 6.42 Å². The molecule has 0 heterocycles. The molecule has 0 spiro atoms. The van der Waals surface area contributed by atoms with Gasteiger partial charge in [-0.25, -0.2) is 0 Å². The van der Waals surface area contributed by atoms with Gasteiger partial charge in [-0.15, -0.1) is 0 Å². The minimum atomic E-state index is -0.941. The van der Waals surface area contributed by atoms with Gasteiger partial charge in [0.1, 0.15) is 0 Å². The van der Waals surface area contributed by atoms with Crippen LogP contribution >= 0.6 is 0 Å². The third-order valence-electron chi connectivity index (χ3n) is 3.77. The lowest BCUT2D eigenvalue weighted by molar-refractivity contribution is -0.137. The summed E-state index contributed by atoms with van der Waals surface area (Å²) in [7, 11) is 0. The van der Waals surface area contributed by atoms with Gasteiger partial charge in [0.25, 0.3) is 0 Å². The van der Waals surface area contributed by atoms with E-state index >= 15 is 0 Å². The van der Waals surface area contributed by atoms with Gasteiger partial charge in [-0.1, -0.05) is 62.6 Å². The zero-order valence-electron chi connectivity index (χ0n) is 15.3. The van der Waals surface area contributed by atoms with Crippen molar-refractivity contribution in [2.75, 3.05) is 0 Å². The SMILES string of the molecule is CCCCCC(O)C(O)/C=C/C(O)C/C=C\C/C=C\CCCC(=O)O. The van der Waals surface area contributed by atoms with Crippen molar-refractivity contribution < 1.29 is 25.2 Å². The van der Waals surface area contributed by atoms with Crippen LogP contribution < -0.4 is 0 Å². The second kappa shape index (κ2) is 16.1. The highest BCUT2D eigenvalue weighted by atomic mass is 16.4. The largest absolute Gasteiger partial charge is 0.481 e. The number of carbonyl (C=O) groups is 1. The molecule has 5 nitrogen and oxygen atoms in total. The molecule has 0 bridgehead atoms. The number of rotatable bonds is 15. The number of allylic oxidation sites excluding steroid dienone is 3. The number of unbranched alkanes of at least 4 members (excludes halogenated alkanes) is 3. The highest BCUT2D eigenvalue weighted by Crippen LogP contribution is 2.08. The molecule has 0 aliphatic rings. The number of aliphatic hydroxyl groups is 3. The summed E-state index contributed by atoms with van der Waals surface area (Å²) >= 11 is 0. The van der Waals surface area contributed by atoms with Crippen LogP contribution in [0.1, 0.15) is 64.7 Å². The van der Waals surface area contributed by atoms with E-state index in [9.17, 15) is 20.1 Å². The summed E-state index contributed by atoms with van der Waals surface area (Å²) < 4.78 is 0. The Morgan fingerprint density at radius 3 is 2.36 bits per heavy atom. The lowest BCUT2D eigenvalue weighted by Gasteiger charge is -2.14. The first-order valence-electron chi connectivity index (χ1n) is 9.21. The second-order valence-electron chi connectivity index (χ2n) is 6.21. The van der Waals surface area contributed by atoms with Crippen LogP contribution in [0.3, 0.4) is 0 Å². The summed E-state index contributed by atoms with van der Waals surface area (Å²) in [6, 6.07) is 0. The second-order valence-corrected chi connectivity index (χ2v) is 6.21. The molecular formula is C20H34O5. The molecule has 25 heavy (non-hydrogen) atoms. The van der Waals surface area contributed by atoms with Crippen molar-refractivity contribution in [2.45, 2.75) is 83.0 Å². The predicted molar refractivity (Wildman–Crippen MR) is 100 cm³/mol. The van der Waals surface area contributed by atoms with Crippen LogP contribution in [0.4, 0.5) is 0 Å². The lowest BCUT2D eigenvalue weighted by Crippen LogP contribution is -2.24. The molecule has 3 atom stereocenters. The molecule has 144 valence electrons. The Morgan fingerprint density at radius 1 is 0.960 bits per heavy atom. The maximum atomic E-state index is 10.3. The average Bonchev–Trinajstić information content (AvgIpc) is 2.57. The van der Waals surface area contributed by atoms with Gasteiger partial charge in [0.05, 0.1) is 18.3 Å². The molecule has 0 fully saturated rings. The van der Waals surface area contributed by atoms with Gasteiger partial charge in [-0.05, 0) is 32.1 Å². The Labute approximate surface area is 151 Å². The molecular weight excluding hydrogens is 320 g/mol. The van der Waals surface area contributed by atoms with Crippen LogP contribution in [0.5, 0.6) is 0 Å². The molecule has 4 N–H and O–H groups in total. The predicted octanol–water partition coefficient (Wildman–Crippen LogP) is 3.35.